The lowest BCUT2D eigenvalue weighted by molar-refractivity contribution is 0.0675. The van der Waals surface area contributed by atoms with Crippen LogP contribution < -0.4 is 4.74 Å². The number of phenolic OH excluding ortho intramolecular Hbond substituents is 2. The Labute approximate surface area is 121 Å². The second kappa shape index (κ2) is 5.01. The van der Waals surface area contributed by atoms with Crippen molar-refractivity contribution in [3.63, 3.8) is 0 Å². The Morgan fingerprint density at radius 1 is 1.00 bits per heavy atom. The zero-order chi connectivity index (χ0) is 15.0. The fourth-order valence-corrected chi connectivity index (χ4v) is 2.59. The van der Waals surface area contributed by atoms with Gasteiger partial charge in [-0.3, -0.25) is 0 Å². The zero-order valence-corrected chi connectivity index (χ0v) is 11.3. The number of carbonyl (C=O) groups is 1. The average Bonchev–Trinajstić information content (AvgIpc) is 2.54. The fraction of sp³-hybridized carbons (Fsp3) is 0.188. The maximum Gasteiger partial charge on any atom is 0.514 e. The summed E-state index contributed by atoms with van der Waals surface area (Å²) in [4.78, 5) is 11.6. The molecule has 1 aliphatic heterocycles. The summed E-state index contributed by atoms with van der Waals surface area (Å²) in [5.74, 6) is 0.217. The number of hydrogen-bond acceptors (Lipinski definition) is 5. The van der Waals surface area contributed by atoms with E-state index in [1.807, 2.05) is 0 Å². The van der Waals surface area contributed by atoms with Crippen LogP contribution in [0.3, 0.4) is 0 Å². The van der Waals surface area contributed by atoms with Crippen LogP contribution in [0.4, 0.5) is 4.79 Å². The summed E-state index contributed by atoms with van der Waals surface area (Å²) >= 11 is 0. The van der Waals surface area contributed by atoms with Gasteiger partial charge >= 0.3 is 6.16 Å². The molecule has 3 rings (SSSR count). The summed E-state index contributed by atoms with van der Waals surface area (Å²) in [6.07, 6.45) is -1.23. The monoisotopic (exact) mass is 286 g/mol. The minimum Gasteiger partial charge on any atom is -0.508 e. The molecule has 2 aromatic carbocycles. The molecule has 0 saturated carbocycles. The van der Waals surface area contributed by atoms with Crippen LogP contribution in [-0.2, 0) is 4.74 Å². The summed E-state index contributed by atoms with van der Waals surface area (Å²) < 4.78 is 10.3. The molecular weight excluding hydrogens is 272 g/mol. The lowest BCUT2D eigenvalue weighted by Crippen LogP contribution is -2.21. The summed E-state index contributed by atoms with van der Waals surface area (Å²) in [5, 5.41) is 19.0. The first-order chi connectivity index (χ1) is 10.0. The molecule has 0 radical (unpaired) electrons. The number of aromatic hydroxyl groups is 2. The molecule has 108 valence electrons. The minimum absolute atomic E-state index is 0.0144. The van der Waals surface area contributed by atoms with Gasteiger partial charge in [-0.15, -0.1) is 0 Å². The van der Waals surface area contributed by atoms with Crippen molar-refractivity contribution < 1.29 is 24.5 Å². The van der Waals surface area contributed by atoms with E-state index in [4.69, 9.17) is 9.47 Å². The van der Waals surface area contributed by atoms with E-state index in [-0.39, 0.29) is 23.2 Å². The molecule has 0 aliphatic carbocycles. The van der Waals surface area contributed by atoms with Crippen molar-refractivity contribution in [3.05, 3.63) is 53.6 Å². The van der Waals surface area contributed by atoms with Crippen LogP contribution in [0.1, 0.15) is 24.0 Å². The van der Waals surface area contributed by atoms with E-state index in [1.165, 1.54) is 12.1 Å². The molecule has 0 amide bonds. The Balaban J connectivity index is 2.14. The number of hydrogen-bond donors (Lipinski definition) is 2. The Morgan fingerprint density at radius 3 is 2.38 bits per heavy atom. The predicted molar refractivity (Wildman–Crippen MR) is 74.6 cm³/mol. The molecule has 0 saturated heterocycles. The molecule has 1 heterocycles. The van der Waals surface area contributed by atoms with Crippen LogP contribution in [0, 0.1) is 0 Å². The maximum atomic E-state index is 11.6. The van der Waals surface area contributed by atoms with Gasteiger partial charge in [-0.1, -0.05) is 18.2 Å². The van der Waals surface area contributed by atoms with E-state index in [2.05, 4.69) is 0 Å². The molecule has 0 fully saturated rings. The van der Waals surface area contributed by atoms with Crippen LogP contribution in [0.5, 0.6) is 17.2 Å². The molecular formula is C16H14O5. The molecule has 2 N–H and O–H groups in total. The number of phenols is 2. The third-order valence-corrected chi connectivity index (χ3v) is 3.53. The molecule has 2 atom stereocenters. The van der Waals surface area contributed by atoms with Crippen LogP contribution in [0.25, 0.3) is 0 Å². The molecule has 21 heavy (non-hydrogen) atoms. The topological polar surface area (TPSA) is 76.0 Å². The largest absolute Gasteiger partial charge is 0.514 e. The minimum atomic E-state index is -0.796. The van der Waals surface area contributed by atoms with Crippen LogP contribution in [-0.4, -0.2) is 22.5 Å². The molecule has 2 aromatic rings. The first kappa shape index (κ1) is 13.3. The van der Waals surface area contributed by atoms with Gasteiger partial charge in [0.2, 0.25) is 0 Å². The van der Waals surface area contributed by atoms with Crippen LogP contribution in [0.15, 0.2) is 42.5 Å². The van der Waals surface area contributed by atoms with Crippen molar-refractivity contribution in [2.45, 2.75) is 18.9 Å². The number of benzene rings is 2. The Bertz CT molecular complexity index is 678. The molecule has 0 aromatic heterocycles. The van der Waals surface area contributed by atoms with E-state index in [9.17, 15) is 15.0 Å². The van der Waals surface area contributed by atoms with Gasteiger partial charge in [0.05, 0.1) is 0 Å². The van der Waals surface area contributed by atoms with Gasteiger partial charge in [0.1, 0.15) is 23.4 Å². The maximum absolute atomic E-state index is 11.6. The first-order valence-electron chi connectivity index (χ1n) is 6.55. The lowest BCUT2D eigenvalue weighted by atomic mass is 9.86. The highest BCUT2D eigenvalue weighted by Gasteiger charge is 2.32. The highest BCUT2D eigenvalue weighted by molar-refractivity contribution is 5.67. The number of carbonyl (C=O) groups excluding carboxylic acids is 1. The van der Waals surface area contributed by atoms with Gasteiger partial charge < -0.3 is 19.7 Å². The first-order valence-corrected chi connectivity index (χ1v) is 6.55. The molecule has 2 unspecified atom stereocenters. The van der Waals surface area contributed by atoms with E-state index in [0.29, 0.717) is 0 Å². The standard InChI is InChI=1S/C16H14O5/c1-9-15(10-2-4-11(17)5-3-10)13-7-6-12(18)8-14(13)21-16(19)20-9/h2-9,15,17-18H,1H3. The van der Waals surface area contributed by atoms with Crippen molar-refractivity contribution in [2.24, 2.45) is 0 Å². The quantitative estimate of drug-likeness (QED) is 0.622. The van der Waals surface area contributed by atoms with E-state index >= 15 is 0 Å². The zero-order valence-electron chi connectivity index (χ0n) is 11.3. The lowest BCUT2D eigenvalue weighted by Gasteiger charge is -2.21. The van der Waals surface area contributed by atoms with Crippen LogP contribution >= 0.6 is 0 Å². The van der Waals surface area contributed by atoms with Gasteiger partial charge in [-0.25, -0.2) is 4.79 Å². The smallest absolute Gasteiger partial charge is 0.508 e. The summed E-state index contributed by atoms with van der Waals surface area (Å²) in [5.41, 5.74) is 1.63. The van der Waals surface area contributed by atoms with Gasteiger partial charge in [-0.2, -0.15) is 0 Å². The molecule has 0 spiro atoms. The SMILES string of the molecule is CC1OC(=O)Oc2cc(O)ccc2C1c1ccc(O)cc1. The van der Waals surface area contributed by atoms with E-state index < -0.39 is 12.3 Å². The molecule has 0 bridgehead atoms. The van der Waals surface area contributed by atoms with Crippen molar-refractivity contribution in [1.29, 1.82) is 0 Å². The van der Waals surface area contributed by atoms with Crippen molar-refractivity contribution in [1.82, 2.24) is 0 Å². The second-order valence-corrected chi connectivity index (χ2v) is 4.97. The second-order valence-electron chi connectivity index (χ2n) is 4.97. The number of ether oxygens (including phenoxy) is 2. The highest BCUT2D eigenvalue weighted by Crippen LogP contribution is 2.40. The van der Waals surface area contributed by atoms with E-state index in [1.54, 1.807) is 37.3 Å². The van der Waals surface area contributed by atoms with E-state index in [0.717, 1.165) is 11.1 Å². The van der Waals surface area contributed by atoms with Crippen molar-refractivity contribution in [2.75, 3.05) is 0 Å². The molecule has 5 nitrogen and oxygen atoms in total. The summed E-state index contributed by atoms with van der Waals surface area (Å²) in [6, 6.07) is 11.3. The molecule has 5 heteroatoms. The Kier molecular flexibility index (Phi) is 3.17. The number of fused-ring (bicyclic) bond motifs is 1. The van der Waals surface area contributed by atoms with Gasteiger partial charge in [0, 0.05) is 17.5 Å². The van der Waals surface area contributed by atoms with Gasteiger partial charge in [0.25, 0.3) is 0 Å². The normalized spacial score (nSPS) is 20.9. The summed E-state index contributed by atoms with van der Waals surface area (Å²) in [6.45, 7) is 1.78. The Hall–Kier alpha value is -2.69. The van der Waals surface area contributed by atoms with Crippen molar-refractivity contribution >= 4 is 6.16 Å². The fourth-order valence-electron chi connectivity index (χ4n) is 2.59. The van der Waals surface area contributed by atoms with Gasteiger partial charge in [0.15, 0.2) is 0 Å². The third kappa shape index (κ3) is 2.50. The average molecular weight is 286 g/mol. The third-order valence-electron chi connectivity index (χ3n) is 3.53. The highest BCUT2D eigenvalue weighted by atomic mass is 16.7. The predicted octanol–water partition coefficient (Wildman–Crippen LogP) is 3.15. The number of rotatable bonds is 1. The molecule has 1 aliphatic rings. The Morgan fingerprint density at radius 2 is 1.67 bits per heavy atom. The van der Waals surface area contributed by atoms with Crippen molar-refractivity contribution in [3.8, 4) is 17.2 Å². The number of cyclic esters (lactones) is 1. The van der Waals surface area contributed by atoms with Crippen LogP contribution in [0.2, 0.25) is 0 Å². The van der Waals surface area contributed by atoms with Gasteiger partial charge in [-0.05, 0) is 30.7 Å². The summed E-state index contributed by atoms with van der Waals surface area (Å²) in [7, 11) is 0.